The molecular weight excluding hydrogens is 340 g/mol. The summed E-state index contributed by atoms with van der Waals surface area (Å²) < 4.78 is 37.7. The van der Waals surface area contributed by atoms with Crippen molar-refractivity contribution in [1.29, 1.82) is 0 Å². The fourth-order valence-corrected chi connectivity index (χ4v) is 3.74. The summed E-state index contributed by atoms with van der Waals surface area (Å²) in [5.41, 5.74) is 0. The summed E-state index contributed by atoms with van der Waals surface area (Å²) in [7, 11) is -3.55. The molecule has 0 atom stereocenters. The molecule has 1 aliphatic heterocycles. The average molecular weight is 363 g/mol. The maximum Gasteiger partial charge on any atom is 0.240 e. The largest absolute Gasteiger partial charge is 0.492 e. The van der Waals surface area contributed by atoms with Gasteiger partial charge in [-0.25, -0.2) is 13.1 Å². The summed E-state index contributed by atoms with van der Waals surface area (Å²) >= 11 is 6.04. The first-order valence-corrected chi connectivity index (χ1v) is 9.61. The van der Waals surface area contributed by atoms with Gasteiger partial charge >= 0.3 is 0 Å². The lowest BCUT2D eigenvalue weighted by atomic mass is 10.3. The number of morpholine rings is 1. The van der Waals surface area contributed by atoms with Gasteiger partial charge < -0.3 is 9.47 Å². The van der Waals surface area contributed by atoms with Gasteiger partial charge in [0.05, 0.1) is 29.7 Å². The highest BCUT2D eigenvalue weighted by Gasteiger charge is 2.16. The number of halogens is 1. The van der Waals surface area contributed by atoms with Gasteiger partial charge in [-0.3, -0.25) is 4.90 Å². The molecular formula is C15H23ClN2O4S. The van der Waals surface area contributed by atoms with E-state index in [-0.39, 0.29) is 4.90 Å². The van der Waals surface area contributed by atoms with Gasteiger partial charge in [0.1, 0.15) is 5.75 Å². The molecule has 1 heterocycles. The van der Waals surface area contributed by atoms with Crippen LogP contribution in [0.25, 0.3) is 0 Å². The summed E-state index contributed by atoms with van der Waals surface area (Å²) in [6, 6.07) is 4.49. The second kappa shape index (κ2) is 8.84. The van der Waals surface area contributed by atoms with Crippen LogP contribution in [0.1, 0.15) is 13.3 Å². The van der Waals surface area contributed by atoms with Crippen LogP contribution in [-0.4, -0.2) is 59.3 Å². The van der Waals surface area contributed by atoms with Crippen molar-refractivity contribution >= 4 is 21.6 Å². The van der Waals surface area contributed by atoms with E-state index in [4.69, 9.17) is 21.1 Å². The molecule has 1 fully saturated rings. The zero-order valence-corrected chi connectivity index (χ0v) is 14.8. The molecule has 0 aliphatic carbocycles. The fraction of sp³-hybridized carbons (Fsp3) is 0.600. The van der Waals surface area contributed by atoms with Crippen molar-refractivity contribution in [1.82, 2.24) is 9.62 Å². The van der Waals surface area contributed by atoms with Gasteiger partial charge in [0.15, 0.2) is 0 Å². The monoisotopic (exact) mass is 362 g/mol. The number of ether oxygens (including phenoxy) is 2. The zero-order chi connectivity index (χ0) is 16.7. The molecule has 1 aromatic carbocycles. The highest BCUT2D eigenvalue weighted by atomic mass is 35.5. The SMILES string of the molecule is CCOc1ccc(S(=O)(=O)NCCCN2CCOCC2)cc1Cl. The highest BCUT2D eigenvalue weighted by molar-refractivity contribution is 7.89. The van der Waals surface area contributed by atoms with E-state index < -0.39 is 10.0 Å². The lowest BCUT2D eigenvalue weighted by molar-refractivity contribution is 0.0376. The van der Waals surface area contributed by atoms with Crippen LogP contribution in [0.5, 0.6) is 5.75 Å². The van der Waals surface area contributed by atoms with Crippen molar-refractivity contribution in [3.8, 4) is 5.75 Å². The third kappa shape index (κ3) is 5.61. The molecule has 0 radical (unpaired) electrons. The fourth-order valence-electron chi connectivity index (χ4n) is 2.34. The summed E-state index contributed by atoms with van der Waals surface area (Å²) in [5.74, 6) is 0.487. The van der Waals surface area contributed by atoms with Crippen molar-refractivity contribution in [2.75, 3.05) is 46.0 Å². The maximum absolute atomic E-state index is 12.3. The molecule has 23 heavy (non-hydrogen) atoms. The first-order chi connectivity index (χ1) is 11.0. The molecule has 1 aliphatic rings. The number of rotatable bonds is 8. The van der Waals surface area contributed by atoms with E-state index in [0.29, 0.717) is 23.9 Å². The Morgan fingerprint density at radius 3 is 2.74 bits per heavy atom. The van der Waals surface area contributed by atoms with E-state index in [1.54, 1.807) is 6.07 Å². The third-order valence-electron chi connectivity index (χ3n) is 3.56. The van der Waals surface area contributed by atoms with Crippen molar-refractivity contribution < 1.29 is 17.9 Å². The molecule has 8 heteroatoms. The van der Waals surface area contributed by atoms with E-state index in [2.05, 4.69) is 9.62 Å². The van der Waals surface area contributed by atoms with Gasteiger partial charge in [0.25, 0.3) is 0 Å². The van der Waals surface area contributed by atoms with Crippen LogP contribution >= 0.6 is 11.6 Å². The molecule has 2 rings (SSSR count). The van der Waals surface area contributed by atoms with Crippen LogP contribution < -0.4 is 9.46 Å². The Morgan fingerprint density at radius 2 is 2.09 bits per heavy atom. The van der Waals surface area contributed by atoms with Crippen LogP contribution in [0.15, 0.2) is 23.1 Å². The summed E-state index contributed by atoms with van der Waals surface area (Å²) in [6.45, 7) is 6.87. The Balaban J connectivity index is 1.84. The van der Waals surface area contributed by atoms with E-state index in [9.17, 15) is 8.42 Å². The lowest BCUT2D eigenvalue weighted by Gasteiger charge is -2.26. The zero-order valence-electron chi connectivity index (χ0n) is 13.3. The molecule has 0 spiro atoms. The predicted molar refractivity (Wildman–Crippen MR) is 89.7 cm³/mol. The van der Waals surface area contributed by atoms with Crippen molar-refractivity contribution in [3.63, 3.8) is 0 Å². The van der Waals surface area contributed by atoms with Crippen molar-refractivity contribution in [2.24, 2.45) is 0 Å². The molecule has 1 saturated heterocycles. The minimum absolute atomic E-state index is 0.150. The number of benzene rings is 1. The third-order valence-corrected chi connectivity index (χ3v) is 5.31. The number of hydrogen-bond acceptors (Lipinski definition) is 5. The van der Waals surface area contributed by atoms with E-state index in [0.717, 1.165) is 39.3 Å². The van der Waals surface area contributed by atoms with Crippen molar-refractivity contribution in [2.45, 2.75) is 18.2 Å². The number of nitrogens with one attached hydrogen (secondary N) is 1. The van der Waals surface area contributed by atoms with Gasteiger partial charge in [0.2, 0.25) is 10.0 Å². The summed E-state index contributed by atoms with van der Waals surface area (Å²) in [4.78, 5) is 2.42. The van der Waals surface area contributed by atoms with Crippen LogP contribution in [0.4, 0.5) is 0 Å². The minimum atomic E-state index is -3.55. The molecule has 1 aromatic rings. The molecule has 0 amide bonds. The minimum Gasteiger partial charge on any atom is -0.492 e. The normalized spacial score (nSPS) is 16.4. The first kappa shape index (κ1) is 18.5. The van der Waals surface area contributed by atoms with E-state index in [1.165, 1.54) is 12.1 Å². The van der Waals surface area contributed by atoms with Crippen LogP contribution in [0, 0.1) is 0 Å². The average Bonchev–Trinajstić information content (AvgIpc) is 2.54. The van der Waals surface area contributed by atoms with Gasteiger partial charge in [-0.2, -0.15) is 0 Å². The quantitative estimate of drug-likeness (QED) is 0.713. The highest BCUT2D eigenvalue weighted by Crippen LogP contribution is 2.27. The predicted octanol–water partition coefficient (Wildman–Crippen LogP) is 1.74. The standard InChI is InChI=1S/C15H23ClN2O4S/c1-2-22-15-5-4-13(12-14(15)16)23(19,20)17-6-3-7-18-8-10-21-11-9-18/h4-5,12,17H,2-3,6-11H2,1H3. The van der Waals surface area contributed by atoms with Crippen LogP contribution in [-0.2, 0) is 14.8 Å². The Hall–Kier alpha value is -0.860. The summed E-state index contributed by atoms with van der Waals surface area (Å²) in [6.07, 6.45) is 0.754. The first-order valence-electron chi connectivity index (χ1n) is 7.75. The van der Waals surface area contributed by atoms with Gasteiger partial charge in [-0.15, -0.1) is 0 Å². The summed E-state index contributed by atoms with van der Waals surface area (Å²) in [5, 5.41) is 0.294. The molecule has 6 nitrogen and oxygen atoms in total. The Kier molecular flexibility index (Phi) is 7.10. The molecule has 1 N–H and O–H groups in total. The molecule has 0 saturated carbocycles. The Morgan fingerprint density at radius 1 is 1.35 bits per heavy atom. The van der Waals surface area contributed by atoms with E-state index >= 15 is 0 Å². The van der Waals surface area contributed by atoms with Crippen LogP contribution in [0.3, 0.4) is 0 Å². The molecule has 0 bridgehead atoms. The lowest BCUT2D eigenvalue weighted by Crippen LogP contribution is -2.38. The topological polar surface area (TPSA) is 67.9 Å². The van der Waals surface area contributed by atoms with Gasteiger partial charge in [0, 0.05) is 19.6 Å². The molecule has 0 aromatic heterocycles. The van der Waals surface area contributed by atoms with Crippen molar-refractivity contribution in [3.05, 3.63) is 23.2 Å². The number of nitrogens with zero attached hydrogens (tertiary/aromatic N) is 1. The Bertz CT molecular complexity index is 603. The second-order valence-corrected chi connectivity index (χ2v) is 7.40. The Labute approximate surface area is 142 Å². The van der Waals surface area contributed by atoms with Crippen LogP contribution in [0.2, 0.25) is 5.02 Å². The van der Waals surface area contributed by atoms with Gasteiger partial charge in [-0.1, -0.05) is 11.6 Å². The second-order valence-electron chi connectivity index (χ2n) is 5.23. The van der Waals surface area contributed by atoms with Gasteiger partial charge in [-0.05, 0) is 38.1 Å². The number of sulfonamides is 1. The smallest absolute Gasteiger partial charge is 0.240 e. The maximum atomic E-state index is 12.3. The number of hydrogen-bond donors (Lipinski definition) is 1. The van der Waals surface area contributed by atoms with E-state index in [1.807, 2.05) is 6.92 Å². The molecule has 0 unspecified atom stereocenters. The molecule has 130 valence electrons.